The summed E-state index contributed by atoms with van der Waals surface area (Å²) in [6.07, 6.45) is 6.79. The summed E-state index contributed by atoms with van der Waals surface area (Å²) in [6, 6.07) is 0.454. The molecule has 0 aromatic heterocycles. The number of nitrogens with one attached hydrogen (secondary N) is 1. The molecular formula is C9H16ClNS. The summed E-state index contributed by atoms with van der Waals surface area (Å²) >= 11 is 10.4. The van der Waals surface area contributed by atoms with Crippen LogP contribution in [0.2, 0.25) is 0 Å². The molecule has 1 saturated carbocycles. The summed E-state index contributed by atoms with van der Waals surface area (Å²) in [5.74, 6) is 0.774. The van der Waals surface area contributed by atoms with Crippen LogP contribution in [0.15, 0.2) is 0 Å². The van der Waals surface area contributed by atoms with Crippen molar-refractivity contribution in [1.29, 1.82) is 0 Å². The van der Waals surface area contributed by atoms with E-state index in [2.05, 4.69) is 12.2 Å². The monoisotopic (exact) mass is 205 g/mol. The van der Waals surface area contributed by atoms with Crippen LogP contribution in [-0.4, -0.2) is 10.5 Å². The maximum absolute atomic E-state index is 5.61. The molecule has 1 fully saturated rings. The highest BCUT2D eigenvalue weighted by Gasteiger charge is 2.19. The lowest BCUT2D eigenvalue weighted by Crippen LogP contribution is -2.35. The number of thiocarbonyl (C=S) groups is 1. The summed E-state index contributed by atoms with van der Waals surface area (Å²) < 4.78 is 0.410. The normalized spacial score (nSPS) is 21.8. The maximum atomic E-state index is 5.61. The Hall–Kier alpha value is 0.180. The van der Waals surface area contributed by atoms with Gasteiger partial charge in [0.25, 0.3) is 0 Å². The standard InChI is InChI=1S/C9H16ClNS/c1-7(11-9(10)12)8-5-3-2-4-6-8/h7-8H,2-6H2,1H3,(H,11,12). The Kier molecular flexibility index (Phi) is 4.30. The van der Waals surface area contributed by atoms with Crippen LogP contribution in [0.4, 0.5) is 0 Å². The molecular weight excluding hydrogens is 190 g/mol. The van der Waals surface area contributed by atoms with Crippen molar-refractivity contribution in [1.82, 2.24) is 5.32 Å². The smallest absolute Gasteiger partial charge is 0.167 e. The Balaban J connectivity index is 2.29. The highest BCUT2D eigenvalue weighted by Crippen LogP contribution is 2.26. The zero-order valence-corrected chi connectivity index (χ0v) is 9.05. The van der Waals surface area contributed by atoms with E-state index >= 15 is 0 Å². The topological polar surface area (TPSA) is 12.0 Å². The third-order valence-corrected chi connectivity index (χ3v) is 2.93. The zero-order valence-electron chi connectivity index (χ0n) is 7.48. The fraction of sp³-hybridized carbons (Fsp3) is 0.889. The van der Waals surface area contributed by atoms with E-state index in [-0.39, 0.29) is 0 Å². The first-order chi connectivity index (χ1) is 5.70. The minimum Gasteiger partial charge on any atom is -0.364 e. The van der Waals surface area contributed by atoms with E-state index in [4.69, 9.17) is 23.8 Å². The largest absolute Gasteiger partial charge is 0.364 e. The van der Waals surface area contributed by atoms with Crippen molar-refractivity contribution in [3.63, 3.8) is 0 Å². The predicted octanol–water partition coefficient (Wildman–Crippen LogP) is 3.07. The van der Waals surface area contributed by atoms with Crippen LogP contribution in [-0.2, 0) is 0 Å². The second kappa shape index (κ2) is 5.03. The molecule has 1 atom stereocenters. The molecule has 0 amide bonds. The summed E-state index contributed by atoms with van der Waals surface area (Å²) in [6.45, 7) is 2.17. The van der Waals surface area contributed by atoms with Gasteiger partial charge in [0, 0.05) is 6.04 Å². The maximum Gasteiger partial charge on any atom is 0.167 e. The van der Waals surface area contributed by atoms with Gasteiger partial charge in [-0.1, -0.05) is 30.9 Å². The van der Waals surface area contributed by atoms with Crippen molar-refractivity contribution in [2.75, 3.05) is 0 Å². The minimum absolute atomic E-state index is 0.410. The number of halogens is 1. The lowest BCUT2D eigenvalue weighted by atomic mass is 9.85. The first kappa shape index (κ1) is 10.3. The van der Waals surface area contributed by atoms with Gasteiger partial charge in [0.05, 0.1) is 0 Å². The fourth-order valence-corrected chi connectivity index (χ4v) is 2.29. The minimum atomic E-state index is 0.410. The molecule has 0 aliphatic heterocycles. The van der Waals surface area contributed by atoms with Gasteiger partial charge in [-0.3, -0.25) is 0 Å². The Morgan fingerprint density at radius 3 is 2.50 bits per heavy atom. The van der Waals surface area contributed by atoms with E-state index in [0.29, 0.717) is 10.5 Å². The average molecular weight is 206 g/mol. The molecule has 0 bridgehead atoms. The van der Waals surface area contributed by atoms with Crippen LogP contribution < -0.4 is 5.32 Å². The van der Waals surface area contributed by atoms with Crippen molar-refractivity contribution >= 4 is 28.3 Å². The Bertz CT molecular complexity index is 155. The summed E-state index contributed by atoms with van der Waals surface area (Å²) in [7, 11) is 0. The van der Waals surface area contributed by atoms with Gasteiger partial charge in [-0.15, -0.1) is 0 Å². The first-order valence-corrected chi connectivity index (χ1v) is 5.45. The molecule has 1 nitrogen and oxygen atoms in total. The van der Waals surface area contributed by atoms with Gasteiger partial charge < -0.3 is 5.32 Å². The van der Waals surface area contributed by atoms with E-state index in [1.165, 1.54) is 32.1 Å². The summed E-state index contributed by atoms with van der Waals surface area (Å²) in [5, 5.41) is 3.11. The van der Waals surface area contributed by atoms with Crippen LogP contribution in [0.3, 0.4) is 0 Å². The SMILES string of the molecule is CC(NC(=S)Cl)C1CCCCC1. The van der Waals surface area contributed by atoms with E-state index in [9.17, 15) is 0 Å². The third-order valence-electron chi connectivity index (χ3n) is 2.70. The number of rotatable bonds is 2. The zero-order chi connectivity index (χ0) is 8.97. The van der Waals surface area contributed by atoms with Crippen molar-refractivity contribution in [2.24, 2.45) is 5.92 Å². The predicted molar refractivity (Wildman–Crippen MR) is 57.6 cm³/mol. The van der Waals surface area contributed by atoms with Crippen LogP contribution in [0.1, 0.15) is 39.0 Å². The van der Waals surface area contributed by atoms with Crippen LogP contribution in [0.25, 0.3) is 0 Å². The van der Waals surface area contributed by atoms with Gasteiger partial charge in [-0.05, 0) is 37.9 Å². The highest BCUT2D eigenvalue weighted by molar-refractivity contribution is 7.83. The summed E-state index contributed by atoms with van der Waals surface area (Å²) in [4.78, 5) is 0. The second-order valence-corrected chi connectivity index (χ2v) is 4.62. The molecule has 1 aliphatic carbocycles. The Morgan fingerprint density at radius 1 is 1.42 bits per heavy atom. The molecule has 1 aliphatic rings. The molecule has 0 heterocycles. The van der Waals surface area contributed by atoms with Crippen LogP contribution in [0.5, 0.6) is 0 Å². The van der Waals surface area contributed by atoms with Crippen LogP contribution >= 0.6 is 23.8 Å². The van der Waals surface area contributed by atoms with Gasteiger partial charge in [0.1, 0.15) is 0 Å². The lowest BCUT2D eigenvalue weighted by molar-refractivity contribution is 0.303. The third kappa shape index (κ3) is 3.28. The van der Waals surface area contributed by atoms with Crippen molar-refractivity contribution in [3.05, 3.63) is 0 Å². The van der Waals surface area contributed by atoms with Crippen molar-refractivity contribution < 1.29 is 0 Å². The van der Waals surface area contributed by atoms with Gasteiger partial charge in [-0.2, -0.15) is 0 Å². The molecule has 0 aromatic rings. The lowest BCUT2D eigenvalue weighted by Gasteiger charge is -2.28. The molecule has 12 heavy (non-hydrogen) atoms. The van der Waals surface area contributed by atoms with Crippen molar-refractivity contribution in [2.45, 2.75) is 45.1 Å². The molecule has 1 unspecified atom stereocenters. The summed E-state index contributed by atoms with van der Waals surface area (Å²) in [5.41, 5.74) is 0. The highest BCUT2D eigenvalue weighted by atomic mass is 35.5. The molecule has 0 spiro atoms. The van der Waals surface area contributed by atoms with Gasteiger partial charge in [0.2, 0.25) is 0 Å². The molecule has 1 rings (SSSR count). The Morgan fingerprint density at radius 2 is 2.00 bits per heavy atom. The van der Waals surface area contributed by atoms with Crippen molar-refractivity contribution in [3.8, 4) is 0 Å². The molecule has 0 aromatic carbocycles. The number of hydrogen-bond donors (Lipinski definition) is 1. The molecule has 0 radical (unpaired) electrons. The average Bonchev–Trinajstić information content (AvgIpc) is 2.05. The quantitative estimate of drug-likeness (QED) is 0.423. The van der Waals surface area contributed by atoms with Crippen LogP contribution in [0, 0.1) is 5.92 Å². The first-order valence-electron chi connectivity index (χ1n) is 4.66. The molecule has 3 heteroatoms. The molecule has 1 N–H and O–H groups in total. The van der Waals surface area contributed by atoms with E-state index in [0.717, 1.165) is 5.92 Å². The Labute approximate surface area is 84.9 Å². The fourth-order valence-electron chi connectivity index (χ4n) is 1.93. The van der Waals surface area contributed by atoms with Gasteiger partial charge in [0.15, 0.2) is 4.45 Å². The number of hydrogen-bond acceptors (Lipinski definition) is 1. The molecule has 70 valence electrons. The van der Waals surface area contributed by atoms with Gasteiger partial charge in [-0.25, -0.2) is 0 Å². The second-order valence-electron chi connectivity index (χ2n) is 3.60. The van der Waals surface area contributed by atoms with E-state index in [1.807, 2.05) is 0 Å². The van der Waals surface area contributed by atoms with E-state index < -0.39 is 0 Å². The van der Waals surface area contributed by atoms with E-state index in [1.54, 1.807) is 0 Å². The van der Waals surface area contributed by atoms with Gasteiger partial charge >= 0.3 is 0 Å². The molecule has 0 saturated heterocycles.